The zero-order valence-corrected chi connectivity index (χ0v) is 30.4. The van der Waals surface area contributed by atoms with Gasteiger partial charge in [0.25, 0.3) is 5.91 Å². The molecule has 1 fully saturated rings. The van der Waals surface area contributed by atoms with Crippen molar-refractivity contribution in [2.75, 3.05) is 11.9 Å². The number of carbonyl (C=O) groups excluding carboxylic acids is 3. The average molecular weight is 750 g/mol. The van der Waals surface area contributed by atoms with Crippen LogP contribution in [0.25, 0.3) is 5.00 Å². The monoisotopic (exact) mass is 749 g/mol. The third-order valence-electron chi connectivity index (χ3n) is 9.69. The Morgan fingerprint density at radius 2 is 1.91 bits per heavy atom. The molecule has 1 atom stereocenters. The molecule has 0 radical (unpaired) electrons. The molecule has 3 aromatic heterocycles. The maximum atomic E-state index is 15.0. The molecule has 3 aliphatic heterocycles. The van der Waals surface area contributed by atoms with Crippen molar-refractivity contribution in [1.82, 2.24) is 34.8 Å². The number of nitrogens with one attached hydrogen (secondary N) is 2. The van der Waals surface area contributed by atoms with Gasteiger partial charge in [0.1, 0.15) is 29.2 Å². The van der Waals surface area contributed by atoms with E-state index in [1.54, 1.807) is 17.5 Å². The van der Waals surface area contributed by atoms with Crippen molar-refractivity contribution in [1.29, 1.82) is 0 Å². The van der Waals surface area contributed by atoms with Crippen molar-refractivity contribution < 1.29 is 18.8 Å². The number of carbonyl (C=O) groups is 3. The molecule has 1 unspecified atom stereocenters. The molecule has 8 rings (SSSR count). The van der Waals surface area contributed by atoms with Gasteiger partial charge < -0.3 is 10.2 Å². The molecule has 2 aromatic carbocycles. The molecule has 3 amide bonds. The number of hydrogen-bond donors (Lipinski definition) is 2. The summed E-state index contributed by atoms with van der Waals surface area (Å²) in [5, 5.41) is 20.3. The average Bonchev–Trinajstić information content (AvgIpc) is 3.88. The minimum Gasteiger partial charge on any atom is -0.382 e. The highest BCUT2D eigenvalue weighted by Gasteiger charge is 2.40. The molecule has 0 aliphatic carbocycles. The van der Waals surface area contributed by atoms with Gasteiger partial charge in [-0.1, -0.05) is 35.6 Å². The molecule has 6 heterocycles. The number of piperidine rings is 1. The Bertz CT molecular complexity index is 2400. The van der Waals surface area contributed by atoms with Crippen molar-refractivity contribution in [2.45, 2.75) is 65.2 Å². The Hall–Kier alpha value is -5.65. The number of rotatable bonds is 8. The number of fused-ring (bicyclic) bond motifs is 4. The first-order chi connectivity index (χ1) is 25.7. The quantitative estimate of drug-likeness (QED) is 0.124. The third kappa shape index (κ3) is 6.51. The summed E-state index contributed by atoms with van der Waals surface area (Å²) in [6, 6.07) is 9.65. The second kappa shape index (κ2) is 14.1. The topological polar surface area (TPSA) is 139 Å². The van der Waals surface area contributed by atoms with Gasteiger partial charge >= 0.3 is 0 Å². The predicted octanol–water partition coefficient (Wildman–Crippen LogP) is 5.34. The molecule has 12 nitrogen and oxygen atoms in total. The Morgan fingerprint density at radius 3 is 2.72 bits per heavy atom. The first-order valence-electron chi connectivity index (χ1n) is 17.3. The number of aliphatic imine (C=N–C) groups is 1. The van der Waals surface area contributed by atoms with Gasteiger partial charge in [0.2, 0.25) is 11.8 Å². The first kappa shape index (κ1) is 34.4. The van der Waals surface area contributed by atoms with Crippen LogP contribution in [0.1, 0.15) is 80.4 Å². The number of halogens is 2. The minimum atomic E-state index is -0.758. The maximum Gasteiger partial charge on any atom is 0.255 e. The van der Waals surface area contributed by atoms with E-state index in [0.29, 0.717) is 35.8 Å². The largest absolute Gasteiger partial charge is 0.382 e. The molecular formula is C38H33ClFN9O3S. The Balaban J connectivity index is 0.916. The third-order valence-corrected chi connectivity index (χ3v) is 11.1. The molecule has 0 spiro atoms. The number of aromatic nitrogens is 5. The molecular weight excluding hydrogens is 717 g/mol. The van der Waals surface area contributed by atoms with E-state index >= 15 is 0 Å². The predicted molar refractivity (Wildman–Crippen MR) is 198 cm³/mol. The summed E-state index contributed by atoms with van der Waals surface area (Å²) in [7, 11) is 0. The van der Waals surface area contributed by atoms with Crippen molar-refractivity contribution in [3.8, 4) is 16.8 Å². The number of benzene rings is 2. The molecule has 53 heavy (non-hydrogen) atoms. The number of thiophene rings is 1. The summed E-state index contributed by atoms with van der Waals surface area (Å²) in [4.78, 5) is 44.4. The van der Waals surface area contributed by atoms with Crippen LogP contribution < -0.4 is 10.6 Å². The van der Waals surface area contributed by atoms with Gasteiger partial charge in [-0.2, -0.15) is 5.10 Å². The summed E-state index contributed by atoms with van der Waals surface area (Å²) in [5.74, 6) is 6.56. The summed E-state index contributed by atoms with van der Waals surface area (Å²) in [6.07, 6.45) is 5.55. The fourth-order valence-corrected chi connectivity index (χ4v) is 8.35. The summed E-state index contributed by atoms with van der Waals surface area (Å²) < 4.78 is 18.9. The summed E-state index contributed by atoms with van der Waals surface area (Å²) in [6.45, 7) is 5.63. The number of anilines is 1. The van der Waals surface area contributed by atoms with Crippen LogP contribution in [0.15, 0.2) is 53.8 Å². The van der Waals surface area contributed by atoms with Gasteiger partial charge in [-0.3, -0.25) is 33.9 Å². The fourth-order valence-electron chi connectivity index (χ4n) is 6.99. The number of hydrogen-bond acceptors (Lipinski definition) is 9. The zero-order valence-electron chi connectivity index (χ0n) is 28.9. The van der Waals surface area contributed by atoms with Crippen molar-refractivity contribution in [3.63, 3.8) is 0 Å². The second-order valence-electron chi connectivity index (χ2n) is 13.1. The Labute approximate surface area is 313 Å². The van der Waals surface area contributed by atoms with E-state index < -0.39 is 17.8 Å². The van der Waals surface area contributed by atoms with E-state index in [1.165, 1.54) is 17.0 Å². The van der Waals surface area contributed by atoms with E-state index in [-0.39, 0.29) is 36.9 Å². The van der Waals surface area contributed by atoms with Gasteiger partial charge in [0.05, 0.1) is 28.0 Å². The maximum absolute atomic E-state index is 15.0. The van der Waals surface area contributed by atoms with E-state index in [2.05, 4.69) is 49.3 Å². The smallest absolute Gasteiger partial charge is 0.255 e. The van der Waals surface area contributed by atoms with E-state index in [1.807, 2.05) is 42.1 Å². The van der Waals surface area contributed by atoms with Gasteiger partial charge in [0, 0.05) is 59.5 Å². The van der Waals surface area contributed by atoms with E-state index in [0.717, 1.165) is 62.3 Å². The number of aryl methyl sites for hydroxylation is 2. The van der Waals surface area contributed by atoms with Crippen LogP contribution in [0.5, 0.6) is 0 Å². The van der Waals surface area contributed by atoms with Crippen LogP contribution in [-0.2, 0) is 29.2 Å². The molecule has 1 saturated heterocycles. The summed E-state index contributed by atoms with van der Waals surface area (Å²) >= 11 is 7.78. The van der Waals surface area contributed by atoms with Crippen molar-refractivity contribution >= 4 is 52.1 Å². The van der Waals surface area contributed by atoms with Crippen LogP contribution in [0, 0.1) is 31.5 Å². The standard InChI is InChI=1S/C38H33ClFN9O3S/c1-21-30(53-38-33(21)34(24-6-8-25(39)9-7-24)42-18-31-46-45-22(2)49(31)38)13-5-23-17-43-47(19-23)16-4-3-15-41-35-27-20-48(29-12-14-32(50)44-36(29)51)37(52)26(27)10-11-28(35)40/h6-11,17,19,29,41H,3-4,12,14-16,18,20H2,1-2H3,(H,44,50,51). The molecule has 2 N–H and O–H groups in total. The lowest BCUT2D eigenvalue weighted by Gasteiger charge is -2.29. The van der Waals surface area contributed by atoms with Crippen molar-refractivity contribution in [2.24, 2.45) is 4.99 Å². The van der Waals surface area contributed by atoms with Gasteiger partial charge in [-0.15, -0.1) is 21.5 Å². The first-order valence-corrected chi connectivity index (χ1v) is 18.5. The minimum absolute atomic E-state index is 0.101. The van der Waals surface area contributed by atoms with Crippen LogP contribution in [0.4, 0.5) is 10.1 Å². The SMILES string of the molecule is Cc1c(C#Cc2cnn(CCCCNc3c(F)ccc4c3CN(C3CCC(=O)NC3=O)C4=O)c2)sc2c1C(c1ccc(Cl)cc1)=NCc1nnc(C)n1-2. The highest BCUT2D eigenvalue weighted by Crippen LogP contribution is 2.37. The molecule has 0 saturated carbocycles. The number of nitrogens with zero attached hydrogens (tertiary/aromatic N) is 7. The zero-order chi connectivity index (χ0) is 36.8. The van der Waals surface area contributed by atoms with Crippen molar-refractivity contribution in [3.05, 3.63) is 110 Å². The highest BCUT2D eigenvalue weighted by molar-refractivity contribution is 7.15. The number of unbranched alkanes of at least 4 members (excludes halogenated alkanes) is 1. The Kier molecular flexibility index (Phi) is 9.13. The lowest BCUT2D eigenvalue weighted by Crippen LogP contribution is -2.52. The summed E-state index contributed by atoms with van der Waals surface area (Å²) in [5.41, 5.74) is 5.81. The van der Waals surface area contributed by atoms with Crippen LogP contribution in [-0.4, -0.2) is 65.5 Å². The molecule has 15 heteroatoms. The van der Waals surface area contributed by atoms with Gasteiger partial charge in [0.15, 0.2) is 5.82 Å². The lowest BCUT2D eigenvalue weighted by atomic mass is 10.00. The normalized spacial score (nSPS) is 16.3. The molecule has 5 aromatic rings. The molecule has 268 valence electrons. The number of imide groups is 1. The second-order valence-corrected chi connectivity index (χ2v) is 14.6. The van der Waals surface area contributed by atoms with Crippen LogP contribution in [0.3, 0.4) is 0 Å². The lowest BCUT2D eigenvalue weighted by molar-refractivity contribution is -0.136. The molecule has 3 aliphatic rings. The van der Waals surface area contributed by atoms with Gasteiger partial charge in [-0.25, -0.2) is 4.39 Å². The van der Waals surface area contributed by atoms with E-state index in [4.69, 9.17) is 16.6 Å². The van der Waals surface area contributed by atoms with Crippen LogP contribution in [0.2, 0.25) is 5.02 Å². The van der Waals surface area contributed by atoms with Crippen LogP contribution >= 0.6 is 22.9 Å². The van der Waals surface area contributed by atoms with Gasteiger partial charge in [-0.05, 0) is 62.9 Å². The van der Waals surface area contributed by atoms with E-state index in [9.17, 15) is 18.8 Å². The molecule has 0 bridgehead atoms. The number of amides is 3. The fraction of sp³-hybridized carbons (Fsp3) is 0.289. The Morgan fingerprint density at radius 1 is 1.08 bits per heavy atom. The highest BCUT2D eigenvalue weighted by atomic mass is 35.5.